The molecule has 3 atom stereocenters. The largest absolute Gasteiger partial charge is 0.0952 e. The zero-order chi connectivity index (χ0) is 27.4. The van der Waals surface area contributed by atoms with Crippen LogP contribution < -0.4 is 0 Å². The molecule has 5 aromatic carbocycles. The van der Waals surface area contributed by atoms with E-state index >= 15 is 0 Å². The minimum atomic E-state index is 0.393. The molecule has 3 unspecified atom stereocenters. The van der Waals surface area contributed by atoms with Crippen molar-refractivity contribution in [3.63, 3.8) is 0 Å². The quantitative estimate of drug-likeness (QED) is 0.145. The third kappa shape index (κ3) is 7.70. The second kappa shape index (κ2) is 14.3. The smallest absolute Gasteiger partial charge is 0.0116 e. The van der Waals surface area contributed by atoms with Crippen LogP contribution in [0.2, 0.25) is 0 Å². The number of rotatable bonds is 13. The molecule has 0 bridgehead atoms. The lowest BCUT2D eigenvalue weighted by Crippen LogP contribution is -2.13. The Morgan fingerprint density at radius 3 is 1.38 bits per heavy atom. The van der Waals surface area contributed by atoms with Crippen molar-refractivity contribution in [2.75, 3.05) is 0 Å². The van der Waals surface area contributed by atoms with Crippen LogP contribution in [0, 0.1) is 0 Å². The molecular weight excluding hydrogens is 480 g/mol. The summed E-state index contributed by atoms with van der Waals surface area (Å²) in [5.41, 5.74) is 8.16. The Hall–Kier alpha value is -4.16. The van der Waals surface area contributed by atoms with Crippen LogP contribution in [0.5, 0.6) is 0 Å². The van der Waals surface area contributed by atoms with Gasteiger partial charge in [-0.25, -0.2) is 0 Å². The first-order chi connectivity index (χ1) is 19.8. The van der Waals surface area contributed by atoms with Gasteiger partial charge in [-0.05, 0) is 83.2 Å². The van der Waals surface area contributed by atoms with E-state index in [1.54, 1.807) is 0 Å². The van der Waals surface area contributed by atoms with Crippen LogP contribution in [0.25, 0.3) is 5.57 Å². The van der Waals surface area contributed by atoms with Crippen LogP contribution in [-0.2, 0) is 6.42 Å². The average Bonchev–Trinajstić information content (AvgIpc) is 3.04. The van der Waals surface area contributed by atoms with Crippen LogP contribution in [0.4, 0.5) is 0 Å². The Morgan fingerprint density at radius 2 is 0.850 bits per heavy atom. The fourth-order valence-corrected chi connectivity index (χ4v) is 6.06. The number of aryl methyl sites for hydroxylation is 1. The van der Waals surface area contributed by atoms with E-state index in [1.807, 2.05) is 0 Å². The molecular formula is C40H40. The number of allylic oxidation sites excluding steroid dienone is 1. The van der Waals surface area contributed by atoms with Crippen molar-refractivity contribution in [2.45, 2.75) is 49.9 Å². The zero-order valence-electron chi connectivity index (χ0n) is 23.4. The van der Waals surface area contributed by atoms with Crippen LogP contribution in [0.1, 0.15) is 71.3 Å². The molecule has 0 radical (unpaired) electrons. The predicted octanol–water partition coefficient (Wildman–Crippen LogP) is 10.9. The first-order valence-electron chi connectivity index (χ1n) is 14.7. The van der Waals surface area contributed by atoms with Gasteiger partial charge < -0.3 is 0 Å². The van der Waals surface area contributed by atoms with Crippen molar-refractivity contribution in [2.24, 2.45) is 0 Å². The Kier molecular flexibility index (Phi) is 9.79. The summed E-state index contributed by atoms with van der Waals surface area (Å²) >= 11 is 0. The van der Waals surface area contributed by atoms with Gasteiger partial charge >= 0.3 is 0 Å². The Labute approximate surface area is 241 Å². The third-order valence-corrected chi connectivity index (χ3v) is 8.25. The van der Waals surface area contributed by atoms with Gasteiger partial charge in [-0.1, -0.05) is 158 Å². The summed E-state index contributed by atoms with van der Waals surface area (Å²) in [6.07, 6.45) is 5.41. The van der Waals surface area contributed by atoms with Crippen LogP contribution >= 0.6 is 0 Å². The molecule has 0 fully saturated rings. The number of hydrogen-bond acceptors (Lipinski definition) is 0. The molecule has 0 nitrogen and oxygen atoms in total. The van der Waals surface area contributed by atoms with E-state index < -0.39 is 0 Å². The van der Waals surface area contributed by atoms with E-state index in [1.165, 1.54) is 33.4 Å². The van der Waals surface area contributed by atoms with Gasteiger partial charge in [-0.15, -0.1) is 0 Å². The minimum absolute atomic E-state index is 0.393. The molecule has 0 amide bonds. The summed E-state index contributed by atoms with van der Waals surface area (Å²) in [4.78, 5) is 0. The summed E-state index contributed by atoms with van der Waals surface area (Å²) < 4.78 is 0. The van der Waals surface area contributed by atoms with Gasteiger partial charge in [0.2, 0.25) is 0 Å². The second-order valence-corrected chi connectivity index (χ2v) is 11.0. The minimum Gasteiger partial charge on any atom is -0.0952 e. The fourth-order valence-electron chi connectivity index (χ4n) is 6.06. The lowest BCUT2D eigenvalue weighted by atomic mass is 9.75. The summed E-state index contributed by atoms with van der Waals surface area (Å²) in [5.74, 6) is 1.32. The standard InChI is InChI=1S/C40H40/c1-32(34-19-9-3-10-20-34)29-39(36-23-13-5-14-24-36)31-40(37-25-15-6-16-26-37)30-38(35-21-11-4-12-22-35)28-27-33-17-7-2-8-18-33/h2-26,38-40H,1,27-31H2. The molecule has 0 aliphatic rings. The first kappa shape index (κ1) is 27.4. The molecule has 0 N–H and O–H groups in total. The molecule has 0 heterocycles. The Morgan fingerprint density at radius 1 is 0.450 bits per heavy atom. The van der Waals surface area contributed by atoms with Gasteiger partial charge in [0.25, 0.3) is 0 Å². The maximum absolute atomic E-state index is 4.54. The lowest BCUT2D eigenvalue weighted by Gasteiger charge is -2.29. The number of benzene rings is 5. The lowest BCUT2D eigenvalue weighted by molar-refractivity contribution is 0.450. The fraction of sp³-hybridized carbons (Fsp3) is 0.200. The second-order valence-electron chi connectivity index (χ2n) is 11.0. The van der Waals surface area contributed by atoms with Crippen molar-refractivity contribution >= 4 is 5.57 Å². The van der Waals surface area contributed by atoms with Gasteiger partial charge in [-0.3, -0.25) is 0 Å². The highest BCUT2D eigenvalue weighted by molar-refractivity contribution is 5.64. The van der Waals surface area contributed by atoms with Gasteiger partial charge in [0.05, 0.1) is 0 Å². The van der Waals surface area contributed by atoms with Crippen molar-refractivity contribution in [3.05, 3.63) is 186 Å². The van der Waals surface area contributed by atoms with Gasteiger partial charge in [-0.2, -0.15) is 0 Å². The molecule has 0 heteroatoms. The van der Waals surface area contributed by atoms with Crippen LogP contribution in [0.15, 0.2) is 158 Å². The highest BCUT2D eigenvalue weighted by Gasteiger charge is 2.25. The van der Waals surface area contributed by atoms with Gasteiger partial charge in [0.15, 0.2) is 0 Å². The highest BCUT2D eigenvalue weighted by Crippen LogP contribution is 2.41. The highest BCUT2D eigenvalue weighted by atomic mass is 14.3. The molecule has 0 aliphatic carbocycles. The number of hydrogen-bond donors (Lipinski definition) is 0. The predicted molar refractivity (Wildman–Crippen MR) is 172 cm³/mol. The van der Waals surface area contributed by atoms with E-state index in [2.05, 4.69) is 158 Å². The van der Waals surface area contributed by atoms with E-state index in [0.29, 0.717) is 17.8 Å². The van der Waals surface area contributed by atoms with E-state index in [-0.39, 0.29) is 0 Å². The van der Waals surface area contributed by atoms with Crippen molar-refractivity contribution < 1.29 is 0 Å². The Bertz CT molecular complexity index is 1410. The van der Waals surface area contributed by atoms with E-state index in [0.717, 1.165) is 32.1 Å². The molecule has 0 aromatic heterocycles. The SMILES string of the molecule is C=C(CC(CC(CC(CCc1ccccc1)c1ccccc1)c1ccccc1)c1ccccc1)c1ccccc1. The summed E-state index contributed by atoms with van der Waals surface area (Å²) in [6, 6.07) is 55.1. The first-order valence-corrected chi connectivity index (χ1v) is 14.7. The van der Waals surface area contributed by atoms with Crippen molar-refractivity contribution in [3.8, 4) is 0 Å². The van der Waals surface area contributed by atoms with E-state index in [9.17, 15) is 0 Å². The average molecular weight is 521 g/mol. The molecule has 5 aromatic rings. The monoisotopic (exact) mass is 520 g/mol. The normalized spacial score (nSPS) is 13.3. The topological polar surface area (TPSA) is 0 Å². The summed E-state index contributed by atoms with van der Waals surface area (Å²) in [5, 5.41) is 0. The molecule has 0 spiro atoms. The Balaban J connectivity index is 1.44. The van der Waals surface area contributed by atoms with Crippen molar-refractivity contribution in [1.29, 1.82) is 0 Å². The van der Waals surface area contributed by atoms with Crippen molar-refractivity contribution in [1.82, 2.24) is 0 Å². The summed E-state index contributed by atoms with van der Waals surface area (Å²) in [7, 11) is 0. The van der Waals surface area contributed by atoms with Crippen LogP contribution in [-0.4, -0.2) is 0 Å². The molecule has 5 rings (SSSR count). The van der Waals surface area contributed by atoms with Crippen LogP contribution in [0.3, 0.4) is 0 Å². The zero-order valence-corrected chi connectivity index (χ0v) is 23.4. The van der Waals surface area contributed by atoms with Gasteiger partial charge in [0.1, 0.15) is 0 Å². The maximum atomic E-state index is 4.54. The molecule has 0 saturated heterocycles. The molecule has 0 aliphatic heterocycles. The van der Waals surface area contributed by atoms with E-state index in [4.69, 9.17) is 0 Å². The molecule has 200 valence electrons. The molecule has 40 heavy (non-hydrogen) atoms. The maximum Gasteiger partial charge on any atom is -0.0116 e. The third-order valence-electron chi connectivity index (χ3n) is 8.25. The summed E-state index contributed by atoms with van der Waals surface area (Å²) in [6.45, 7) is 4.54. The molecule has 0 saturated carbocycles. The van der Waals surface area contributed by atoms with Gasteiger partial charge in [0, 0.05) is 0 Å².